The van der Waals surface area contributed by atoms with Crippen LogP contribution in [0.25, 0.3) is 22.4 Å². The van der Waals surface area contributed by atoms with E-state index in [1.165, 1.54) is 0 Å². The van der Waals surface area contributed by atoms with Gasteiger partial charge in [0.1, 0.15) is 0 Å². The van der Waals surface area contributed by atoms with Gasteiger partial charge in [-0.15, -0.1) is 0 Å². The van der Waals surface area contributed by atoms with Crippen LogP contribution in [0.3, 0.4) is 0 Å². The third-order valence-electron chi connectivity index (χ3n) is 3.09. The number of pyridine rings is 1. The Labute approximate surface area is 113 Å². The Morgan fingerprint density at radius 3 is 2.90 bits per heavy atom. The van der Waals surface area contributed by atoms with Crippen molar-refractivity contribution in [3.8, 4) is 11.3 Å². The van der Waals surface area contributed by atoms with E-state index in [0.29, 0.717) is 28.0 Å². The Morgan fingerprint density at radius 2 is 2.25 bits per heavy atom. The van der Waals surface area contributed by atoms with E-state index >= 15 is 0 Å². The molecule has 20 heavy (non-hydrogen) atoms. The number of aliphatic carboxylic acids is 1. The summed E-state index contributed by atoms with van der Waals surface area (Å²) in [6.45, 7) is 1.78. The summed E-state index contributed by atoms with van der Waals surface area (Å²) in [7, 11) is 1.78. The van der Waals surface area contributed by atoms with E-state index in [-0.39, 0.29) is 6.42 Å². The van der Waals surface area contributed by atoms with Crippen molar-refractivity contribution in [3.05, 3.63) is 23.5 Å². The quantitative estimate of drug-likeness (QED) is 0.757. The largest absolute Gasteiger partial charge is 0.481 e. The standard InChI is InChI=1S/C12H11N5O3/c1-6-8(3-9(18)19)11(7-4-13-17(2)5-7)14-12-10(6)15-20-16-12/h4-5H,3H2,1-2H3,(H,18,19). The second-order valence-electron chi connectivity index (χ2n) is 4.47. The van der Waals surface area contributed by atoms with Gasteiger partial charge in [0.05, 0.1) is 18.3 Å². The molecule has 3 aromatic heterocycles. The zero-order chi connectivity index (χ0) is 14.3. The first-order valence-electron chi connectivity index (χ1n) is 5.89. The first kappa shape index (κ1) is 12.3. The SMILES string of the molecule is Cc1c(CC(=O)O)c(-c2cnn(C)c2)nc2nonc12. The highest BCUT2D eigenvalue weighted by Crippen LogP contribution is 2.28. The molecule has 0 aliphatic heterocycles. The lowest BCUT2D eigenvalue weighted by atomic mass is 10.00. The molecule has 0 radical (unpaired) electrons. The fourth-order valence-corrected chi connectivity index (χ4v) is 2.14. The molecule has 0 unspecified atom stereocenters. The second kappa shape index (κ2) is 4.41. The molecule has 0 aliphatic carbocycles. The predicted octanol–water partition coefficient (Wildman–Crippen LogP) is 0.954. The fourth-order valence-electron chi connectivity index (χ4n) is 2.14. The number of carboxylic acids is 1. The molecule has 1 N–H and O–H groups in total. The Morgan fingerprint density at radius 1 is 1.45 bits per heavy atom. The van der Waals surface area contributed by atoms with E-state index < -0.39 is 5.97 Å². The second-order valence-corrected chi connectivity index (χ2v) is 4.47. The Hall–Kier alpha value is -2.77. The van der Waals surface area contributed by atoms with Crippen molar-refractivity contribution in [1.29, 1.82) is 0 Å². The molecule has 0 saturated heterocycles. The Kier molecular flexibility index (Phi) is 2.70. The maximum atomic E-state index is 11.1. The summed E-state index contributed by atoms with van der Waals surface area (Å²) in [6.07, 6.45) is 3.25. The Bertz CT molecular complexity index is 805. The van der Waals surface area contributed by atoms with Crippen LogP contribution in [0.5, 0.6) is 0 Å². The van der Waals surface area contributed by atoms with Gasteiger partial charge in [-0.3, -0.25) is 9.48 Å². The average molecular weight is 273 g/mol. The molecule has 0 spiro atoms. The molecule has 0 aliphatic rings. The Balaban J connectivity index is 2.29. The van der Waals surface area contributed by atoms with Crippen LogP contribution in [-0.2, 0) is 18.3 Å². The van der Waals surface area contributed by atoms with Crippen molar-refractivity contribution in [3.63, 3.8) is 0 Å². The summed E-state index contributed by atoms with van der Waals surface area (Å²) in [4.78, 5) is 15.4. The summed E-state index contributed by atoms with van der Waals surface area (Å²) >= 11 is 0. The van der Waals surface area contributed by atoms with Crippen LogP contribution < -0.4 is 0 Å². The highest BCUT2D eigenvalue weighted by molar-refractivity contribution is 5.84. The number of carbonyl (C=O) groups is 1. The minimum atomic E-state index is -0.934. The van der Waals surface area contributed by atoms with E-state index in [1.807, 2.05) is 0 Å². The topological polar surface area (TPSA) is 107 Å². The first-order chi connectivity index (χ1) is 9.56. The van der Waals surface area contributed by atoms with Gasteiger partial charge in [-0.05, 0) is 28.4 Å². The third-order valence-corrected chi connectivity index (χ3v) is 3.09. The molecule has 3 rings (SSSR count). The molecule has 8 heteroatoms. The van der Waals surface area contributed by atoms with E-state index in [4.69, 9.17) is 5.11 Å². The predicted molar refractivity (Wildman–Crippen MR) is 67.9 cm³/mol. The van der Waals surface area contributed by atoms with Crippen LogP contribution in [-0.4, -0.2) is 36.2 Å². The van der Waals surface area contributed by atoms with Crippen LogP contribution in [0.15, 0.2) is 17.0 Å². The summed E-state index contributed by atoms with van der Waals surface area (Å²) < 4.78 is 6.30. The first-order valence-corrected chi connectivity index (χ1v) is 5.89. The maximum Gasteiger partial charge on any atom is 0.307 e. The summed E-state index contributed by atoms with van der Waals surface area (Å²) in [5.74, 6) is -0.934. The van der Waals surface area contributed by atoms with E-state index in [0.717, 1.165) is 5.56 Å². The molecule has 8 nitrogen and oxygen atoms in total. The van der Waals surface area contributed by atoms with Crippen molar-refractivity contribution in [2.45, 2.75) is 13.3 Å². The number of hydrogen-bond donors (Lipinski definition) is 1. The van der Waals surface area contributed by atoms with Crippen molar-refractivity contribution >= 4 is 17.1 Å². The average Bonchev–Trinajstić information content (AvgIpc) is 3.00. The van der Waals surface area contributed by atoms with Gasteiger partial charge < -0.3 is 5.11 Å². The molecule has 0 atom stereocenters. The van der Waals surface area contributed by atoms with E-state index in [1.54, 1.807) is 31.0 Å². The lowest BCUT2D eigenvalue weighted by Crippen LogP contribution is -2.06. The summed E-state index contributed by atoms with van der Waals surface area (Å²) in [5, 5.41) is 20.6. The van der Waals surface area contributed by atoms with Gasteiger partial charge in [0.2, 0.25) is 5.65 Å². The van der Waals surface area contributed by atoms with Crippen molar-refractivity contribution in [1.82, 2.24) is 25.1 Å². The van der Waals surface area contributed by atoms with Crippen molar-refractivity contribution in [2.75, 3.05) is 0 Å². The van der Waals surface area contributed by atoms with Crippen LogP contribution in [0.2, 0.25) is 0 Å². The molecular formula is C12H11N5O3. The van der Waals surface area contributed by atoms with Gasteiger partial charge in [0, 0.05) is 18.8 Å². The number of aromatic nitrogens is 5. The molecule has 0 bridgehead atoms. The number of hydrogen-bond acceptors (Lipinski definition) is 6. The molecule has 0 aromatic carbocycles. The molecule has 102 valence electrons. The number of aryl methyl sites for hydroxylation is 2. The monoisotopic (exact) mass is 273 g/mol. The van der Waals surface area contributed by atoms with Crippen LogP contribution >= 0.6 is 0 Å². The minimum absolute atomic E-state index is 0.147. The lowest BCUT2D eigenvalue weighted by molar-refractivity contribution is -0.136. The number of nitrogens with zero attached hydrogens (tertiary/aromatic N) is 5. The van der Waals surface area contributed by atoms with Gasteiger partial charge in [0.25, 0.3) is 0 Å². The number of carboxylic acid groups (broad SMARTS) is 1. The zero-order valence-electron chi connectivity index (χ0n) is 10.9. The van der Waals surface area contributed by atoms with Gasteiger partial charge in [-0.25, -0.2) is 9.61 Å². The van der Waals surface area contributed by atoms with Gasteiger partial charge >= 0.3 is 5.97 Å². The lowest BCUT2D eigenvalue weighted by Gasteiger charge is -2.08. The van der Waals surface area contributed by atoms with E-state index in [2.05, 4.69) is 25.0 Å². The fraction of sp³-hybridized carbons (Fsp3) is 0.250. The van der Waals surface area contributed by atoms with Gasteiger partial charge in [-0.2, -0.15) is 5.10 Å². The van der Waals surface area contributed by atoms with Gasteiger partial charge in [-0.1, -0.05) is 0 Å². The van der Waals surface area contributed by atoms with E-state index in [9.17, 15) is 4.79 Å². The van der Waals surface area contributed by atoms with Crippen LogP contribution in [0, 0.1) is 6.92 Å². The summed E-state index contributed by atoms with van der Waals surface area (Å²) in [6, 6.07) is 0. The van der Waals surface area contributed by atoms with Crippen LogP contribution in [0.4, 0.5) is 0 Å². The molecule has 3 aromatic rings. The van der Waals surface area contributed by atoms with Crippen molar-refractivity contribution < 1.29 is 14.5 Å². The van der Waals surface area contributed by atoms with Gasteiger partial charge in [0.15, 0.2) is 5.52 Å². The molecule has 3 heterocycles. The number of rotatable bonds is 3. The zero-order valence-corrected chi connectivity index (χ0v) is 10.9. The molecule has 0 amide bonds. The van der Waals surface area contributed by atoms with Crippen molar-refractivity contribution in [2.24, 2.45) is 7.05 Å². The highest BCUT2D eigenvalue weighted by atomic mass is 16.6. The molecular weight excluding hydrogens is 262 g/mol. The molecule has 0 saturated carbocycles. The molecule has 0 fully saturated rings. The third kappa shape index (κ3) is 1.91. The summed E-state index contributed by atoms with van der Waals surface area (Å²) in [5.41, 5.74) is 3.41. The van der Waals surface area contributed by atoms with Crippen LogP contribution in [0.1, 0.15) is 11.1 Å². The maximum absolute atomic E-state index is 11.1. The normalized spacial score (nSPS) is 11.1. The minimum Gasteiger partial charge on any atom is -0.481 e. The highest BCUT2D eigenvalue weighted by Gasteiger charge is 2.19. The smallest absolute Gasteiger partial charge is 0.307 e. The number of fused-ring (bicyclic) bond motifs is 1.